The third-order valence-corrected chi connectivity index (χ3v) is 15.2. The first-order valence-corrected chi connectivity index (χ1v) is 21.4. The Morgan fingerprint density at radius 1 is 0.293 bits per heavy atom. The van der Waals surface area contributed by atoms with Crippen molar-refractivity contribution in [1.29, 1.82) is 0 Å². The second-order valence-corrected chi connectivity index (χ2v) is 17.6. The molecule has 2 aliphatic heterocycles. The van der Waals surface area contributed by atoms with Crippen LogP contribution in [0.2, 0.25) is 0 Å². The third kappa shape index (κ3) is 4.20. The van der Waals surface area contributed by atoms with Crippen LogP contribution in [0.25, 0.3) is 42.4 Å². The number of hydrogen-bond acceptors (Lipinski definition) is 4. The van der Waals surface area contributed by atoms with E-state index in [-0.39, 0.29) is 0 Å². The van der Waals surface area contributed by atoms with Gasteiger partial charge in [-0.25, -0.2) is 0 Å². The first-order valence-electron chi connectivity index (χ1n) is 19.7. The topological polar surface area (TPSA) is 18.5 Å². The molecule has 8 aromatic carbocycles. The molecule has 3 aliphatic rings. The lowest BCUT2D eigenvalue weighted by atomic mass is 9.54. The van der Waals surface area contributed by atoms with Gasteiger partial charge in [0.05, 0.1) is 10.8 Å². The van der Waals surface area contributed by atoms with Crippen molar-refractivity contribution in [2.24, 2.45) is 0 Å². The molecule has 4 heteroatoms. The first kappa shape index (κ1) is 32.4. The van der Waals surface area contributed by atoms with Crippen LogP contribution in [0, 0.1) is 0 Å². The van der Waals surface area contributed by atoms with Crippen LogP contribution in [0.3, 0.4) is 0 Å². The van der Waals surface area contributed by atoms with Crippen molar-refractivity contribution >= 4 is 44.2 Å². The highest BCUT2D eigenvalue weighted by Crippen LogP contribution is 2.70. The zero-order valence-electron chi connectivity index (χ0n) is 31.1. The second-order valence-electron chi connectivity index (χ2n) is 15.5. The van der Waals surface area contributed by atoms with Crippen molar-refractivity contribution in [2.75, 3.05) is 0 Å². The lowest BCUT2D eigenvalue weighted by Gasteiger charge is -2.50. The largest absolute Gasteiger partial charge is 0.457 e. The van der Waals surface area contributed by atoms with Gasteiger partial charge in [-0.2, -0.15) is 0 Å². The van der Waals surface area contributed by atoms with Crippen molar-refractivity contribution in [2.45, 2.75) is 10.8 Å². The summed E-state index contributed by atoms with van der Waals surface area (Å²) in [5.74, 6) is 3.56. The molecule has 0 unspecified atom stereocenters. The average molecular weight is 777 g/mol. The number of ether oxygens (including phenoxy) is 2. The molecule has 0 fully saturated rings. The Hall–Kier alpha value is -6.72. The summed E-state index contributed by atoms with van der Waals surface area (Å²) in [6.07, 6.45) is 0. The van der Waals surface area contributed by atoms with Gasteiger partial charge in [-0.3, -0.25) is 0 Å². The molecule has 272 valence electrons. The van der Waals surface area contributed by atoms with Crippen molar-refractivity contribution in [3.8, 4) is 43.9 Å². The number of rotatable bonds is 2. The van der Waals surface area contributed by atoms with Gasteiger partial charge in [0.25, 0.3) is 0 Å². The van der Waals surface area contributed by atoms with Gasteiger partial charge in [0.15, 0.2) is 0 Å². The Morgan fingerprint density at radius 3 is 1.00 bits per heavy atom. The minimum atomic E-state index is -0.672. The molecule has 2 spiro atoms. The number of fused-ring (bicyclic) bond motifs is 16. The van der Waals surface area contributed by atoms with Gasteiger partial charge in [-0.15, -0.1) is 22.7 Å². The van der Waals surface area contributed by atoms with Gasteiger partial charge in [-0.1, -0.05) is 146 Å². The predicted molar refractivity (Wildman–Crippen MR) is 238 cm³/mol. The smallest absolute Gasteiger partial charge is 0.132 e. The molecule has 4 heterocycles. The highest BCUT2D eigenvalue weighted by Gasteiger charge is 2.60. The van der Waals surface area contributed by atoms with E-state index in [0.717, 1.165) is 45.3 Å². The summed E-state index contributed by atoms with van der Waals surface area (Å²) in [7, 11) is 0. The first-order chi connectivity index (χ1) is 28.7. The molecular formula is C54H32O2S2. The Bertz CT molecular complexity index is 2970. The molecule has 0 N–H and O–H groups in total. The Morgan fingerprint density at radius 2 is 0.621 bits per heavy atom. The van der Waals surface area contributed by atoms with Crippen LogP contribution in [-0.4, -0.2) is 0 Å². The van der Waals surface area contributed by atoms with Gasteiger partial charge < -0.3 is 9.47 Å². The summed E-state index contributed by atoms with van der Waals surface area (Å²) in [4.78, 5) is 5.09. The van der Waals surface area contributed by atoms with Gasteiger partial charge in [0.1, 0.15) is 23.0 Å². The monoisotopic (exact) mass is 776 g/mol. The van der Waals surface area contributed by atoms with Crippen LogP contribution in [0.1, 0.15) is 43.1 Å². The number of para-hydroxylation sites is 4. The zero-order valence-corrected chi connectivity index (χ0v) is 32.7. The number of benzene rings is 8. The standard InChI is InChI=1S/C54H32O2S2/c1-3-15-35-29-37(27-25-33(35)13-1)49-31-43-51(57-49)54(41-19-7-11-23-47(41)56-48-24-12-8-20-42(48)54)44-32-50(38-28-26-34-14-2-4-16-36(34)30-38)58-52(44)53(43)39-17-5-9-21-45(39)55-46-22-10-6-18-40(46)53/h1-32H. The summed E-state index contributed by atoms with van der Waals surface area (Å²) in [6.45, 7) is 0. The van der Waals surface area contributed by atoms with E-state index in [1.54, 1.807) is 0 Å². The Kier molecular flexibility index (Phi) is 6.64. The molecule has 1 aliphatic carbocycles. The van der Waals surface area contributed by atoms with Crippen LogP contribution in [0.5, 0.6) is 23.0 Å². The van der Waals surface area contributed by atoms with Gasteiger partial charge >= 0.3 is 0 Å². The Labute approximate surface area is 343 Å². The SMILES string of the molecule is c1ccc2c(c1)Oc1ccccc1C21c2cc(-c3ccc4ccccc4c3)sc2C2(c3ccccc3Oc3ccccc32)c2cc(-c3ccc4ccccc4c3)sc21. The molecule has 13 rings (SSSR count). The Balaban J connectivity index is 1.22. The zero-order chi connectivity index (χ0) is 38.0. The van der Waals surface area contributed by atoms with Crippen LogP contribution < -0.4 is 9.47 Å². The van der Waals surface area contributed by atoms with Gasteiger partial charge in [0.2, 0.25) is 0 Å². The van der Waals surface area contributed by atoms with E-state index in [4.69, 9.17) is 9.47 Å². The minimum absolute atomic E-state index is 0.672. The van der Waals surface area contributed by atoms with Crippen LogP contribution in [0.15, 0.2) is 194 Å². The molecule has 0 amide bonds. The van der Waals surface area contributed by atoms with E-state index in [1.807, 2.05) is 22.7 Å². The molecule has 0 saturated heterocycles. The fourth-order valence-corrected chi connectivity index (χ4v) is 13.1. The molecule has 0 radical (unpaired) electrons. The normalized spacial score (nSPS) is 14.8. The maximum Gasteiger partial charge on any atom is 0.132 e. The molecule has 2 nitrogen and oxygen atoms in total. The van der Waals surface area contributed by atoms with Crippen LogP contribution in [-0.2, 0) is 10.8 Å². The maximum atomic E-state index is 6.85. The van der Waals surface area contributed by atoms with Crippen molar-refractivity contribution in [3.05, 3.63) is 237 Å². The molecule has 0 bridgehead atoms. The fraction of sp³-hybridized carbons (Fsp3) is 0.0370. The summed E-state index contributed by atoms with van der Waals surface area (Å²) >= 11 is 3.85. The van der Waals surface area contributed by atoms with E-state index < -0.39 is 10.8 Å². The fourth-order valence-electron chi connectivity index (χ4n) is 10.2. The van der Waals surface area contributed by atoms with Crippen LogP contribution in [0.4, 0.5) is 0 Å². The van der Waals surface area contributed by atoms with Crippen molar-refractivity contribution in [1.82, 2.24) is 0 Å². The average Bonchev–Trinajstić information content (AvgIpc) is 3.95. The lowest BCUT2D eigenvalue weighted by Crippen LogP contribution is -2.45. The quantitative estimate of drug-likeness (QED) is 0.174. The van der Waals surface area contributed by atoms with Gasteiger partial charge in [0, 0.05) is 41.8 Å². The molecule has 10 aromatic rings. The highest BCUT2D eigenvalue weighted by molar-refractivity contribution is 7.17. The van der Waals surface area contributed by atoms with E-state index in [9.17, 15) is 0 Å². The summed E-state index contributed by atoms with van der Waals surface area (Å²) < 4.78 is 13.7. The lowest BCUT2D eigenvalue weighted by molar-refractivity contribution is 0.418. The van der Waals surface area contributed by atoms with E-state index in [2.05, 4.69) is 194 Å². The van der Waals surface area contributed by atoms with E-state index in [1.165, 1.54) is 63.3 Å². The summed E-state index contributed by atoms with van der Waals surface area (Å²) in [6, 6.07) is 71.0. The number of hydrogen-bond donors (Lipinski definition) is 0. The van der Waals surface area contributed by atoms with Crippen molar-refractivity contribution < 1.29 is 9.47 Å². The minimum Gasteiger partial charge on any atom is -0.457 e. The summed E-state index contributed by atoms with van der Waals surface area (Å²) in [5.41, 5.74) is 8.30. The predicted octanol–water partition coefficient (Wildman–Crippen LogP) is 14.7. The molecule has 0 atom stereocenters. The summed E-state index contributed by atoms with van der Waals surface area (Å²) in [5, 5.41) is 4.95. The molecule has 0 saturated carbocycles. The maximum absolute atomic E-state index is 6.85. The van der Waals surface area contributed by atoms with E-state index in [0.29, 0.717) is 0 Å². The molecule has 58 heavy (non-hydrogen) atoms. The van der Waals surface area contributed by atoms with Crippen molar-refractivity contribution in [3.63, 3.8) is 0 Å². The van der Waals surface area contributed by atoms with E-state index >= 15 is 0 Å². The van der Waals surface area contributed by atoms with Gasteiger partial charge in [-0.05, 0) is 92.3 Å². The second kappa shape index (κ2) is 11.9. The molecular weight excluding hydrogens is 745 g/mol. The highest BCUT2D eigenvalue weighted by atomic mass is 32.1. The van der Waals surface area contributed by atoms with Crippen LogP contribution >= 0.6 is 22.7 Å². The molecule has 2 aromatic heterocycles. The third-order valence-electron chi connectivity index (χ3n) is 12.6. The number of thiophene rings is 2.